The highest BCUT2D eigenvalue weighted by Crippen LogP contribution is 2.45. The maximum absolute atomic E-state index is 5.28. The molecule has 0 radical (unpaired) electrons. The summed E-state index contributed by atoms with van der Waals surface area (Å²) in [4.78, 5) is 20.5. The summed E-state index contributed by atoms with van der Waals surface area (Å²) in [6.07, 6.45) is 1.04. The molecule has 0 saturated carbocycles. The predicted octanol–water partition coefficient (Wildman–Crippen LogP) is 28.3. The molecule has 0 bridgehead atoms. The van der Waals surface area contributed by atoms with Crippen LogP contribution in [0.25, 0.3) is 193 Å². The van der Waals surface area contributed by atoms with Crippen molar-refractivity contribution in [2.24, 2.45) is 0 Å². The second-order valence-electron chi connectivity index (χ2n) is 28.4. The summed E-state index contributed by atoms with van der Waals surface area (Å²) in [6.45, 7) is 0. The van der Waals surface area contributed by atoms with Gasteiger partial charge in [0, 0.05) is 64.4 Å². The van der Waals surface area contributed by atoms with Gasteiger partial charge in [0.05, 0.1) is 39.1 Å². The van der Waals surface area contributed by atoms with Crippen molar-refractivity contribution in [1.29, 1.82) is 0 Å². The van der Waals surface area contributed by atoms with Gasteiger partial charge in [-0.15, -0.1) is 0 Å². The first-order valence-electron chi connectivity index (χ1n) is 37.7. The number of para-hydroxylation sites is 1. The third-order valence-corrected chi connectivity index (χ3v) is 22.5. The second kappa shape index (κ2) is 28.6. The van der Waals surface area contributed by atoms with E-state index in [4.69, 9.17) is 19.9 Å². The molecule has 6 heteroatoms. The van der Waals surface area contributed by atoms with Crippen LogP contribution in [-0.4, -0.2) is 24.5 Å². The normalized spacial score (nSPS) is 11.6. The van der Waals surface area contributed by atoms with Gasteiger partial charge in [-0.1, -0.05) is 368 Å². The quantitative estimate of drug-likeness (QED) is 0.135. The number of benzene rings is 18. The SMILES string of the molecule is Brc1cc2c(-c3ccccc3)nc(-c3ccccc3)nc2c2ccccc12.c1cc(-c2ccc3c(c2)-c2ccccc2C3)cc(-c2cccc3ccccc23)c1.c1ccc(-c2nc(-c3ccccc3)c3cc(-n4c5ccccc5c5cc(-c6cccc(-c7cccc8ccccc78)c6)ccc54)c4ccccc4c3n2)cc1. The molecular formula is C105H68BrN5. The van der Waals surface area contributed by atoms with E-state index >= 15 is 0 Å². The van der Waals surface area contributed by atoms with E-state index in [-0.39, 0.29) is 0 Å². The fourth-order valence-electron chi connectivity index (χ4n) is 16.5. The summed E-state index contributed by atoms with van der Waals surface area (Å²) in [5, 5.41) is 14.1. The average molecular weight is 1480 g/mol. The number of nitrogens with zero attached hydrogens (tertiary/aromatic N) is 5. The Morgan fingerprint density at radius 2 is 0.604 bits per heavy atom. The van der Waals surface area contributed by atoms with Gasteiger partial charge in [-0.3, -0.25) is 0 Å². The van der Waals surface area contributed by atoms with Crippen LogP contribution in [-0.2, 0) is 6.42 Å². The molecule has 21 aromatic rings. The van der Waals surface area contributed by atoms with Crippen LogP contribution < -0.4 is 0 Å². The third-order valence-electron chi connectivity index (χ3n) is 21.8. The fourth-order valence-corrected chi connectivity index (χ4v) is 17.1. The van der Waals surface area contributed by atoms with Gasteiger partial charge in [0.25, 0.3) is 0 Å². The Kier molecular flexibility index (Phi) is 17.1. The van der Waals surface area contributed by atoms with Crippen molar-refractivity contribution in [1.82, 2.24) is 24.5 Å². The minimum atomic E-state index is 0.721. The Hall–Kier alpha value is -14.0. The Morgan fingerprint density at radius 1 is 0.216 bits per heavy atom. The fraction of sp³-hybridized carbons (Fsp3) is 0.00952. The van der Waals surface area contributed by atoms with Gasteiger partial charge in [0.15, 0.2) is 11.6 Å². The number of hydrogen-bond donors (Lipinski definition) is 0. The van der Waals surface area contributed by atoms with Crippen molar-refractivity contribution in [2.45, 2.75) is 6.42 Å². The van der Waals surface area contributed by atoms with Crippen LogP contribution in [0, 0.1) is 0 Å². The van der Waals surface area contributed by atoms with Gasteiger partial charge in [0.1, 0.15) is 0 Å². The summed E-state index contributed by atoms with van der Waals surface area (Å²) >= 11 is 3.73. The summed E-state index contributed by atoms with van der Waals surface area (Å²) in [5.74, 6) is 1.47. The summed E-state index contributed by atoms with van der Waals surface area (Å²) in [6, 6.07) is 142. The molecule has 0 amide bonds. The van der Waals surface area contributed by atoms with Crippen molar-refractivity contribution in [3.63, 3.8) is 0 Å². The lowest BCUT2D eigenvalue weighted by molar-refractivity contribution is 1.19. The maximum atomic E-state index is 5.28. The van der Waals surface area contributed by atoms with Crippen molar-refractivity contribution in [2.75, 3.05) is 0 Å². The van der Waals surface area contributed by atoms with Gasteiger partial charge in [0.2, 0.25) is 0 Å². The molecule has 0 atom stereocenters. The average Bonchev–Trinajstić information content (AvgIpc) is 1.66. The smallest absolute Gasteiger partial charge is 0.160 e. The molecule has 22 rings (SSSR count). The molecule has 1 aliphatic carbocycles. The lowest BCUT2D eigenvalue weighted by Crippen LogP contribution is -2.00. The van der Waals surface area contributed by atoms with Gasteiger partial charge < -0.3 is 4.57 Å². The van der Waals surface area contributed by atoms with E-state index in [0.29, 0.717) is 0 Å². The molecular weight excluding hydrogens is 1410 g/mol. The molecule has 1 aliphatic rings. The van der Waals surface area contributed by atoms with Crippen LogP contribution in [0.15, 0.2) is 405 Å². The van der Waals surface area contributed by atoms with Crippen molar-refractivity contribution in [3.05, 3.63) is 416 Å². The largest absolute Gasteiger partial charge is 0.309 e. The van der Waals surface area contributed by atoms with Gasteiger partial charge in [-0.25, -0.2) is 19.9 Å². The van der Waals surface area contributed by atoms with Gasteiger partial charge in [-0.2, -0.15) is 0 Å². The Morgan fingerprint density at radius 3 is 1.19 bits per heavy atom. The molecule has 111 heavy (non-hydrogen) atoms. The van der Waals surface area contributed by atoms with E-state index in [1.807, 2.05) is 54.6 Å². The lowest BCUT2D eigenvalue weighted by atomic mass is 9.94. The summed E-state index contributed by atoms with van der Waals surface area (Å²) < 4.78 is 3.49. The standard InChI is InChI=1S/C52H33N3.C29H20.C24H15BrN2/c1-3-16-35(17-4-1)50-46-33-49(42-24-9-10-26-44(42)51(46)54-52(53-50)36-18-5-2-6-19-36)55-47-28-12-11-25-43(47)45-32-38(29-30-48(45)55)37-21-13-22-39(31-37)41-27-14-20-34-15-7-8-23-40(34)41;1-3-12-26-20(7-1)9-6-14-27(26)24-11-5-10-21(17-24)22-15-16-25-18-23-8-2-4-13-28(23)29(25)19-22;25-21-15-20-22(16-9-3-1-4-10-16)26-24(17-11-5-2-6-12-17)27-23(20)19-14-8-7-13-18(19)21/h1-33H;1-17,19H,18H2;1-15H. The minimum Gasteiger partial charge on any atom is -0.309 e. The van der Waals surface area contributed by atoms with Crippen LogP contribution in [0.5, 0.6) is 0 Å². The van der Waals surface area contributed by atoms with Crippen LogP contribution in [0.2, 0.25) is 0 Å². The van der Waals surface area contributed by atoms with Crippen molar-refractivity contribution >= 4 is 103 Å². The summed E-state index contributed by atoms with van der Waals surface area (Å²) in [7, 11) is 0. The molecule has 0 unspecified atom stereocenters. The van der Waals surface area contributed by atoms with Crippen LogP contribution >= 0.6 is 15.9 Å². The molecule has 0 N–H and O–H groups in total. The van der Waals surface area contributed by atoms with E-state index in [1.54, 1.807) is 0 Å². The number of fused-ring (bicyclic) bond motifs is 14. The lowest BCUT2D eigenvalue weighted by Gasteiger charge is -2.17. The molecule has 520 valence electrons. The highest BCUT2D eigenvalue weighted by molar-refractivity contribution is 9.10. The number of rotatable bonds is 9. The van der Waals surface area contributed by atoms with E-state index < -0.39 is 0 Å². The maximum Gasteiger partial charge on any atom is 0.160 e. The number of aromatic nitrogens is 5. The molecule has 3 aromatic heterocycles. The molecule has 3 heterocycles. The molecule has 5 nitrogen and oxygen atoms in total. The number of halogens is 1. The van der Waals surface area contributed by atoms with E-state index in [9.17, 15) is 0 Å². The first kappa shape index (κ1) is 66.4. The third kappa shape index (κ3) is 12.3. The summed E-state index contributed by atoms with van der Waals surface area (Å²) in [5.41, 5.74) is 26.9. The molecule has 0 aliphatic heterocycles. The number of hydrogen-bond acceptors (Lipinski definition) is 4. The first-order chi connectivity index (χ1) is 55.0. The van der Waals surface area contributed by atoms with E-state index in [0.717, 1.165) is 116 Å². The predicted molar refractivity (Wildman–Crippen MR) is 469 cm³/mol. The van der Waals surface area contributed by atoms with Gasteiger partial charge >= 0.3 is 0 Å². The first-order valence-corrected chi connectivity index (χ1v) is 38.5. The molecule has 18 aromatic carbocycles. The zero-order valence-electron chi connectivity index (χ0n) is 60.4. The molecule has 0 saturated heterocycles. The molecule has 0 spiro atoms. The van der Waals surface area contributed by atoms with Crippen molar-refractivity contribution in [3.8, 4) is 107 Å². The minimum absolute atomic E-state index is 0.721. The zero-order chi connectivity index (χ0) is 73.7. The Labute approximate surface area is 651 Å². The van der Waals surface area contributed by atoms with E-state index in [1.165, 1.54) is 99.1 Å². The zero-order valence-corrected chi connectivity index (χ0v) is 62.0. The Bertz CT molecular complexity index is 7170. The second-order valence-corrected chi connectivity index (χ2v) is 29.3. The topological polar surface area (TPSA) is 56.5 Å². The van der Waals surface area contributed by atoms with E-state index in [2.05, 4.69) is 366 Å². The van der Waals surface area contributed by atoms with Crippen LogP contribution in [0.3, 0.4) is 0 Å². The monoisotopic (exact) mass is 1480 g/mol. The Balaban J connectivity index is 0.000000120. The van der Waals surface area contributed by atoms with Gasteiger partial charge in [-0.05, 0) is 149 Å². The molecule has 0 fully saturated rings. The van der Waals surface area contributed by atoms with Crippen molar-refractivity contribution < 1.29 is 0 Å². The van der Waals surface area contributed by atoms with Crippen LogP contribution in [0.4, 0.5) is 0 Å². The highest BCUT2D eigenvalue weighted by atomic mass is 79.9. The van der Waals surface area contributed by atoms with Crippen LogP contribution in [0.1, 0.15) is 11.1 Å². The highest BCUT2D eigenvalue weighted by Gasteiger charge is 2.23.